The van der Waals surface area contributed by atoms with Gasteiger partial charge in [-0.1, -0.05) is 32.4 Å². The molecule has 0 aliphatic heterocycles. The molecule has 1 unspecified atom stereocenters. The lowest BCUT2D eigenvalue weighted by atomic mass is 10.1. The van der Waals surface area contributed by atoms with Gasteiger partial charge in [0.15, 0.2) is 0 Å². The van der Waals surface area contributed by atoms with Crippen LogP contribution in [0.25, 0.3) is 0 Å². The van der Waals surface area contributed by atoms with E-state index in [9.17, 15) is 0 Å². The van der Waals surface area contributed by atoms with Gasteiger partial charge in [-0.3, -0.25) is 0 Å². The van der Waals surface area contributed by atoms with E-state index in [-0.39, 0.29) is 0 Å². The van der Waals surface area contributed by atoms with E-state index in [1.54, 1.807) is 0 Å². The number of hydrogen-bond acceptors (Lipinski definition) is 1. The molecule has 1 atom stereocenters. The predicted molar refractivity (Wildman–Crippen MR) is 49.5 cm³/mol. The van der Waals surface area contributed by atoms with Crippen molar-refractivity contribution < 1.29 is 5.11 Å². The van der Waals surface area contributed by atoms with E-state index in [0.717, 1.165) is 19.3 Å². The van der Waals surface area contributed by atoms with Crippen molar-refractivity contribution in [3.63, 3.8) is 0 Å². The summed E-state index contributed by atoms with van der Waals surface area (Å²) in [6.07, 6.45) is 8.87. The number of rotatable bonds is 6. The normalized spacial score (nSPS) is 14.1. The molecule has 0 fully saturated rings. The largest absolute Gasteiger partial charge is 0.396 e. The van der Waals surface area contributed by atoms with Gasteiger partial charge < -0.3 is 5.11 Å². The Bertz CT molecular complexity index is 97.0. The first-order valence-corrected chi connectivity index (χ1v) is 4.58. The molecule has 0 heterocycles. The summed E-state index contributed by atoms with van der Waals surface area (Å²) >= 11 is 0. The molecule has 0 saturated carbocycles. The summed E-state index contributed by atoms with van der Waals surface area (Å²) in [5.74, 6) is 0.712. The fraction of sp³-hybridized carbons (Fsp3) is 0.800. The van der Waals surface area contributed by atoms with Crippen LogP contribution >= 0.6 is 0 Å². The van der Waals surface area contributed by atoms with E-state index in [4.69, 9.17) is 5.11 Å². The zero-order chi connectivity index (χ0) is 8.53. The maximum absolute atomic E-state index is 8.50. The zero-order valence-corrected chi connectivity index (χ0v) is 7.71. The quantitative estimate of drug-likeness (QED) is 0.463. The van der Waals surface area contributed by atoms with Crippen molar-refractivity contribution in [2.75, 3.05) is 6.61 Å². The lowest BCUT2D eigenvalue weighted by Gasteiger charge is -1.98. The van der Waals surface area contributed by atoms with Gasteiger partial charge in [-0.15, -0.1) is 0 Å². The minimum atomic E-state index is 0.331. The molecule has 1 nitrogen and oxygen atoms in total. The van der Waals surface area contributed by atoms with Crippen LogP contribution in [0.15, 0.2) is 12.2 Å². The molecule has 1 heteroatoms. The minimum absolute atomic E-state index is 0.331. The Morgan fingerprint density at radius 3 is 2.64 bits per heavy atom. The fourth-order valence-corrected chi connectivity index (χ4v) is 0.839. The van der Waals surface area contributed by atoms with Crippen LogP contribution in [0.4, 0.5) is 0 Å². The van der Waals surface area contributed by atoms with Gasteiger partial charge in [-0.2, -0.15) is 0 Å². The number of hydrogen-bond donors (Lipinski definition) is 1. The zero-order valence-electron chi connectivity index (χ0n) is 7.71. The molecule has 0 aliphatic carbocycles. The third kappa shape index (κ3) is 7.60. The first kappa shape index (κ1) is 10.7. The van der Waals surface area contributed by atoms with Gasteiger partial charge in [-0.25, -0.2) is 0 Å². The first-order chi connectivity index (χ1) is 5.31. The Kier molecular flexibility index (Phi) is 7.59. The van der Waals surface area contributed by atoms with Gasteiger partial charge in [0.05, 0.1) is 0 Å². The van der Waals surface area contributed by atoms with Crippen LogP contribution in [-0.2, 0) is 0 Å². The molecule has 66 valence electrons. The molecular formula is C10H20O. The highest BCUT2D eigenvalue weighted by Crippen LogP contribution is 2.04. The van der Waals surface area contributed by atoms with Crippen molar-refractivity contribution in [2.45, 2.75) is 39.5 Å². The Balaban J connectivity index is 3.15. The summed E-state index contributed by atoms with van der Waals surface area (Å²) in [4.78, 5) is 0. The number of aliphatic hydroxyl groups is 1. The maximum Gasteiger partial charge on any atom is 0.0431 e. The SMILES string of the molecule is CCC(C)C=CCCCCO. The number of unbranched alkanes of at least 4 members (excludes halogenated alkanes) is 2. The van der Waals surface area contributed by atoms with Crippen LogP contribution in [0.3, 0.4) is 0 Å². The summed E-state index contributed by atoms with van der Waals surface area (Å²) in [6.45, 7) is 4.75. The van der Waals surface area contributed by atoms with E-state index >= 15 is 0 Å². The summed E-state index contributed by atoms with van der Waals surface area (Å²) in [5, 5.41) is 8.50. The average Bonchev–Trinajstić information content (AvgIpc) is 2.04. The van der Waals surface area contributed by atoms with Crippen LogP contribution in [0.5, 0.6) is 0 Å². The number of aliphatic hydroxyl groups excluding tert-OH is 1. The molecule has 0 saturated heterocycles. The molecule has 11 heavy (non-hydrogen) atoms. The topological polar surface area (TPSA) is 20.2 Å². The van der Waals surface area contributed by atoms with Crippen molar-refractivity contribution >= 4 is 0 Å². The average molecular weight is 156 g/mol. The second-order valence-corrected chi connectivity index (χ2v) is 3.03. The van der Waals surface area contributed by atoms with E-state index in [0.29, 0.717) is 12.5 Å². The van der Waals surface area contributed by atoms with Gasteiger partial charge in [0.1, 0.15) is 0 Å². The maximum atomic E-state index is 8.50. The lowest BCUT2D eigenvalue weighted by molar-refractivity contribution is 0.285. The molecule has 0 radical (unpaired) electrons. The standard InChI is InChI=1S/C10H20O/c1-3-10(2)8-6-4-5-7-9-11/h6,8,10-11H,3-5,7,9H2,1-2H3. The van der Waals surface area contributed by atoms with E-state index < -0.39 is 0 Å². The summed E-state index contributed by atoms with van der Waals surface area (Å²) in [5.41, 5.74) is 0. The molecule has 0 aromatic rings. The number of allylic oxidation sites excluding steroid dienone is 2. The van der Waals surface area contributed by atoms with E-state index in [2.05, 4.69) is 26.0 Å². The third-order valence-corrected chi connectivity index (χ3v) is 1.89. The van der Waals surface area contributed by atoms with Gasteiger partial charge in [0.2, 0.25) is 0 Å². The molecule has 0 bridgehead atoms. The summed E-state index contributed by atoms with van der Waals surface area (Å²) in [6, 6.07) is 0. The molecule has 0 spiro atoms. The van der Waals surface area contributed by atoms with Crippen molar-refractivity contribution in [3.8, 4) is 0 Å². The van der Waals surface area contributed by atoms with E-state index in [1.165, 1.54) is 6.42 Å². The molecule has 0 rings (SSSR count). The second kappa shape index (κ2) is 7.80. The molecular weight excluding hydrogens is 136 g/mol. The van der Waals surface area contributed by atoms with Crippen molar-refractivity contribution in [1.29, 1.82) is 0 Å². The van der Waals surface area contributed by atoms with Gasteiger partial charge in [-0.05, 0) is 25.2 Å². The highest BCUT2D eigenvalue weighted by Gasteiger charge is 1.89. The fourth-order valence-electron chi connectivity index (χ4n) is 0.839. The van der Waals surface area contributed by atoms with Crippen LogP contribution in [0.1, 0.15) is 39.5 Å². The Morgan fingerprint density at radius 1 is 1.36 bits per heavy atom. The predicted octanol–water partition coefficient (Wildman–Crippen LogP) is 2.75. The van der Waals surface area contributed by atoms with Crippen LogP contribution in [-0.4, -0.2) is 11.7 Å². The first-order valence-electron chi connectivity index (χ1n) is 4.58. The third-order valence-electron chi connectivity index (χ3n) is 1.89. The van der Waals surface area contributed by atoms with Crippen molar-refractivity contribution in [1.82, 2.24) is 0 Å². The molecule has 0 aromatic carbocycles. The Labute approximate surface area is 70.1 Å². The summed E-state index contributed by atoms with van der Waals surface area (Å²) < 4.78 is 0. The monoisotopic (exact) mass is 156 g/mol. The molecule has 0 aliphatic rings. The minimum Gasteiger partial charge on any atom is -0.396 e. The van der Waals surface area contributed by atoms with Crippen LogP contribution in [0.2, 0.25) is 0 Å². The van der Waals surface area contributed by atoms with Crippen LogP contribution in [0, 0.1) is 5.92 Å². The Hall–Kier alpha value is -0.300. The van der Waals surface area contributed by atoms with Crippen molar-refractivity contribution in [3.05, 3.63) is 12.2 Å². The second-order valence-electron chi connectivity index (χ2n) is 3.03. The van der Waals surface area contributed by atoms with Gasteiger partial charge in [0, 0.05) is 6.61 Å². The van der Waals surface area contributed by atoms with Gasteiger partial charge >= 0.3 is 0 Å². The van der Waals surface area contributed by atoms with Crippen molar-refractivity contribution in [2.24, 2.45) is 5.92 Å². The lowest BCUT2D eigenvalue weighted by Crippen LogP contribution is -1.85. The van der Waals surface area contributed by atoms with E-state index in [1.807, 2.05) is 0 Å². The summed E-state index contributed by atoms with van der Waals surface area (Å²) in [7, 11) is 0. The highest BCUT2D eigenvalue weighted by molar-refractivity contribution is 4.85. The van der Waals surface area contributed by atoms with Crippen LogP contribution < -0.4 is 0 Å². The van der Waals surface area contributed by atoms with Gasteiger partial charge in [0.25, 0.3) is 0 Å². The molecule has 0 aromatic heterocycles. The molecule has 1 N–H and O–H groups in total. The Morgan fingerprint density at radius 2 is 2.09 bits per heavy atom. The smallest absolute Gasteiger partial charge is 0.0431 e. The molecule has 0 amide bonds. The highest BCUT2D eigenvalue weighted by atomic mass is 16.2.